The Balaban J connectivity index is 3.55. The molecule has 14 heavy (non-hydrogen) atoms. The third-order valence-electron chi connectivity index (χ3n) is 1.61. The number of aromatic nitrogens is 2. The van der Waals surface area contributed by atoms with Gasteiger partial charge in [-0.05, 0) is 6.92 Å². The maximum atomic E-state index is 11.0. The minimum atomic E-state index is -4.43. The summed E-state index contributed by atoms with van der Waals surface area (Å²) < 4.78 is 31.3. The van der Waals surface area contributed by atoms with Crippen molar-refractivity contribution in [2.75, 3.05) is 5.73 Å². The number of anilines is 1. The zero-order chi connectivity index (χ0) is 10.9. The van der Waals surface area contributed by atoms with Crippen LogP contribution in [0.2, 0.25) is 0 Å². The van der Waals surface area contributed by atoms with Gasteiger partial charge in [0.05, 0.1) is 0 Å². The zero-order valence-corrected chi connectivity index (χ0v) is 8.15. The van der Waals surface area contributed by atoms with Crippen LogP contribution in [-0.2, 0) is 16.7 Å². The molecule has 0 bridgehead atoms. The molecule has 0 fully saturated rings. The quantitative estimate of drug-likeness (QED) is 0.622. The van der Waals surface area contributed by atoms with Crippen LogP contribution in [0.3, 0.4) is 0 Å². The Morgan fingerprint density at radius 1 is 1.64 bits per heavy atom. The van der Waals surface area contributed by atoms with Gasteiger partial charge in [0, 0.05) is 12.7 Å². The molecule has 0 aliphatic heterocycles. The molecule has 0 unspecified atom stereocenters. The lowest BCUT2D eigenvalue weighted by molar-refractivity contribution is 0.481. The van der Waals surface area contributed by atoms with Gasteiger partial charge in [0.2, 0.25) is 0 Å². The predicted octanol–water partition coefficient (Wildman–Crippen LogP) is -0.908. The van der Waals surface area contributed by atoms with Gasteiger partial charge in [0.15, 0.2) is 10.7 Å². The number of rotatable bonds is 2. The molecule has 0 aliphatic carbocycles. The lowest BCUT2D eigenvalue weighted by atomic mass is 10.5. The molecule has 0 saturated heterocycles. The summed E-state index contributed by atoms with van der Waals surface area (Å²) >= 11 is 0. The number of nitrogens with zero attached hydrogens (tertiary/aromatic N) is 2. The van der Waals surface area contributed by atoms with E-state index in [2.05, 4.69) is 4.98 Å². The van der Waals surface area contributed by atoms with Crippen molar-refractivity contribution in [3.63, 3.8) is 0 Å². The second-order valence-corrected chi connectivity index (χ2v) is 3.92. The molecule has 78 valence electrons. The highest BCUT2D eigenvalue weighted by atomic mass is 32.2. The van der Waals surface area contributed by atoms with Crippen molar-refractivity contribution in [3.8, 4) is 0 Å². The number of hydrogen-bond donors (Lipinski definition) is 2. The van der Waals surface area contributed by atoms with Gasteiger partial charge in [-0.2, -0.15) is 13.4 Å². The third-order valence-corrected chi connectivity index (χ3v) is 2.48. The Labute approximate surface area is 79.9 Å². The van der Waals surface area contributed by atoms with E-state index in [9.17, 15) is 13.2 Å². The number of aryl methyl sites for hydroxylation is 1. The highest BCUT2D eigenvalue weighted by molar-refractivity contribution is 7.86. The second kappa shape index (κ2) is 3.39. The molecule has 0 aliphatic rings. The molecule has 0 saturated carbocycles. The van der Waals surface area contributed by atoms with Gasteiger partial charge >= 0.3 is 5.69 Å². The molecule has 1 aromatic rings. The van der Waals surface area contributed by atoms with Crippen molar-refractivity contribution in [1.29, 1.82) is 0 Å². The monoisotopic (exact) mass is 219 g/mol. The van der Waals surface area contributed by atoms with Gasteiger partial charge < -0.3 is 5.73 Å². The van der Waals surface area contributed by atoms with E-state index in [1.54, 1.807) is 6.92 Å². The predicted molar refractivity (Wildman–Crippen MR) is 48.4 cm³/mol. The van der Waals surface area contributed by atoms with Crippen LogP contribution < -0.4 is 11.4 Å². The molecule has 7 nitrogen and oxygen atoms in total. The first-order valence-corrected chi connectivity index (χ1v) is 5.14. The summed E-state index contributed by atoms with van der Waals surface area (Å²) in [5.41, 5.74) is 4.51. The summed E-state index contributed by atoms with van der Waals surface area (Å²) in [7, 11) is -4.43. The summed E-state index contributed by atoms with van der Waals surface area (Å²) in [6.45, 7) is 1.88. The van der Waals surface area contributed by atoms with Crippen molar-refractivity contribution in [1.82, 2.24) is 9.55 Å². The average molecular weight is 219 g/mol. The minimum Gasteiger partial charge on any atom is -0.382 e. The number of nitrogens with two attached hydrogens (primary N) is 1. The first-order chi connectivity index (χ1) is 6.36. The Hall–Kier alpha value is -1.41. The van der Waals surface area contributed by atoms with E-state index in [0.717, 1.165) is 10.8 Å². The Kier molecular flexibility index (Phi) is 2.58. The summed E-state index contributed by atoms with van der Waals surface area (Å²) in [6, 6.07) is 0. The number of hydrogen-bond acceptors (Lipinski definition) is 5. The van der Waals surface area contributed by atoms with Crippen LogP contribution >= 0.6 is 0 Å². The van der Waals surface area contributed by atoms with Gasteiger partial charge in [-0.3, -0.25) is 9.12 Å². The minimum absolute atomic E-state index is 0.245. The van der Waals surface area contributed by atoms with Gasteiger partial charge in [-0.15, -0.1) is 0 Å². The van der Waals surface area contributed by atoms with E-state index in [-0.39, 0.29) is 6.54 Å². The summed E-state index contributed by atoms with van der Waals surface area (Å²) in [6.07, 6.45) is 0.958. The van der Waals surface area contributed by atoms with Gasteiger partial charge in [-0.1, -0.05) is 0 Å². The molecule has 0 radical (unpaired) electrons. The summed E-state index contributed by atoms with van der Waals surface area (Å²) in [4.78, 5) is 13.7. The van der Waals surface area contributed by atoms with Crippen molar-refractivity contribution >= 4 is 15.9 Å². The van der Waals surface area contributed by atoms with Crippen molar-refractivity contribution in [2.45, 2.75) is 18.4 Å². The fourth-order valence-electron chi connectivity index (χ4n) is 0.911. The van der Waals surface area contributed by atoms with Crippen molar-refractivity contribution in [2.24, 2.45) is 0 Å². The van der Waals surface area contributed by atoms with Crippen molar-refractivity contribution < 1.29 is 13.0 Å². The Bertz CT molecular complexity index is 504. The van der Waals surface area contributed by atoms with E-state index in [1.165, 1.54) is 0 Å². The Morgan fingerprint density at radius 3 is 2.64 bits per heavy atom. The van der Waals surface area contributed by atoms with Crippen LogP contribution in [0.1, 0.15) is 6.92 Å². The van der Waals surface area contributed by atoms with Crippen molar-refractivity contribution in [3.05, 3.63) is 16.7 Å². The second-order valence-electron chi connectivity index (χ2n) is 2.53. The van der Waals surface area contributed by atoms with Gasteiger partial charge in [0.25, 0.3) is 10.1 Å². The molecular formula is C6H9N3O4S. The SMILES string of the molecule is CCn1cc(S(=O)(=O)O)c(N)nc1=O. The van der Waals surface area contributed by atoms with E-state index < -0.39 is 26.5 Å². The van der Waals surface area contributed by atoms with Gasteiger partial charge in [0.1, 0.15) is 0 Å². The van der Waals surface area contributed by atoms with E-state index in [0.29, 0.717) is 0 Å². The fraction of sp³-hybridized carbons (Fsp3) is 0.333. The average Bonchev–Trinajstić information content (AvgIpc) is 2.02. The first kappa shape index (κ1) is 10.7. The standard InChI is InChI=1S/C6H9N3O4S/c1-2-9-3-4(14(11,12)13)5(7)8-6(9)10/h3H,2H2,1H3,(H2,7,8,10)(H,11,12,13). The van der Waals surface area contributed by atoms with E-state index in [4.69, 9.17) is 10.3 Å². The van der Waals surface area contributed by atoms with E-state index in [1.807, 2.05) is 0 Å². The molecule has 3 N–H and O–H groups in total. The maximum absolute atomic E-state index is 11.0. The topological polar surface area (TPSA) is 115 Å². The lowest BCUT2D eigenvalue weighted by Crippen LogP contribution is -2.25. The molecule has 0 aromatic carbocycles. The molecule has 1 heterocycles. The molecule has 1 rings (SSSR count). The molecule has 0 spiro atoms. The van der Waals surface area contributed by atoms with Crippen LogP contribution in [0.5, 0.6) is 0 Å². The molecule has 8 heteroatoms. The molecule has 0 atom stereocenters. The third kappa shape index (κ3) is 1.91. The number of nitrogen functional groups attached to an aromatic ring is 1. The molecular weight excluding hydrogens is 210 g/mol. The normalized spacial score (nSPS) is 11.6. The highest BCUT2D eigenvalue weighted by Gasteiger charge is 2.16. The van der Waals surface area contributed by atoms with Crippen LogP contribution in [0.15, 0.2) is 15.9 Å². The maximum Gasteiger partial charge on any atom is 0.349 e. The van der Waals surface area contributed by atoms with Gasteiger partial charge in [-0.25, -0.2) is 4.79 Å². The zero-order valence-electron chi connectivity index (χ0n) is 7.34. The van der Waals surface area contributed by atoms with E-state index >= 15 is 0 Å². The summed E-state index contributed by atoms with van der Waals surface area (Å²) in [5, 5.41) is 0. The summed E-state index contributed by atoms with van der Waals surface area (Å²) in [5.74, 6) is -0.498. The smallest absolute Gasteiger partial charge is 0.349 e. The van der Waals surface area contributed by atoms with Crippen LogP contribution in [0, 0.1) is 0 Å². The van der Waals surface area contributed by atoms with Crippen LogP contribution in [0.25, 0.3) is 0 Å². The first-order valence-electron chi connectivity index (χ1n) is 3.70. The largest absolute Gasteiger partial charge is 0.382 e. The highest BCUT2D eigenvalue weighted by Crippen LogP contribution is 2.11. The fourth-order valence-corrected chi connectivity index (χ4v) is 1.48. The molecule has 1 aromatic heterocycles. The lowest BCUT2D eigenvalue weighted by Gasteiger charge is -2.04. The molecule has 0 amide bonds. The Morgan fingerprint density at radius 2 is 2.21 bits per heavy atom. The van der Waals surface area contributed by atoms with Crippen LogP contribution in [0.4, 0.5) is 5.82 Å². The van der Waals surface area contributed by atoms with Crippen LogP contribution in [-0.4, -0.2) is 22.5 Å².